The molecule has 0 aliphatic heterocycles. The van der Waals surface area contributed by atoms with Crippen molar-refractivity contribution in [2.75, 3.05) is 5.88 Å². The van der Waals surface area contributed by atoms with Crippen molar-refractivity contribution >= 4 is 17.6 Å². The molecule has 2 atom stereocenters. The minimum Gasteiger partial charge on any atom is -0.481 e. The average Bonchev–Trinajstić information content (AvgIpc) is 2.45. The van der Waals surface area contributed by atoms with Crippen LogP contribution in [0.1, 0.15) is 77.0 Å². The minimum absolute atomic E-state index is 0.241. The quantitative estimate of drug-likeness (QED) is 0.317. The second-order valence-electron chi connectivity index (χ2n) is 5.73. The van der Waals surface area contributed by atoms with Gasteiger partial charge >= 0.3 is 5.97 Å². The average molecular weight is 323 g/mol. The van der Waals surface area contributed by atoms with Crippen LogP contribution in [0, 0.1) is 0 Å². The van der Waals surface area contributed by atoms with Crippen molar-refractivity contribution < 1.29 is 20.1 Å². The molecule has 0 aromatic rings. The van der Waals surface area contributed by atoms with Crippen LogP contribution in [-0.4, -0.2) is 39.4 Å². The predicted octanol–water partition coefficient (Wildman–Crippen LogP) is 3.71. The van der Waals surface area contributed by atoms with Crippen LogP contribution in [0.3, 0.4) is 0 Å². The number of rotatable bonds is 15. The molecule has 0 aliphatic carbocycles. The Labute approximate surface area is 133 Å². The van der Waals surface area contributed by atoms with Gasteiger partial charge in [0.1, 0.15) is 0 Å². The van der Waals surface area contributed by atoms with E-state index in [-0.39, 0.29) is 6.42 Å². The summed E-state index contributed by atoms with van der Waals surface area (Å²) in [7, 11) is 0. The summed E-state index contributed by atoms with van der Waals surface area (Å²) in [6.07, 6.45) is 8.88. The van der Waals surface area contributed by atoms with Crippen molar-refractivity contribution in [3.63, 3.8) is 0 Å². The molecule has 3 N–H and O–H groups in total. The van der Waals surface area contributed by atoms with Crippen molar-refractivity contribution in [2.24, 2.45) is 0 Å². The summed E-state index contributed by atoms with van der Waals surface area (Å²) < 4.78 is 0. The zero-order chi connectivity index (χ0) is 15.9. The lowest BCUT2D eigenvalue weighted by atomic mass is 10.00. The van der Waals surface area contributed by atoms with E-state index in [0.717, 1.165) is 57.8 Å². The van der Waals surface area contributed by atoms with Crippen LogP contribution in [-0.2, 0) is 4.79 Å². The van der Waals surface area contributed by atoms with E-state index < -0.39 is 18.2 Å². The van der Waals surface area contributed by atoms with E-state index in [1.54, 1.807) is 0 Å². The molecule has 0 saturated carbocycles. The Morgan fingerprint density at radius 1 is 0.762 bits per heavy atom. The van der Waals surface area contributed by atoms with Gasteiger partial charge in [-0.2, -0.15) is 0 Å². The summed E-state index contributed by atoms with van der Waals surface area (Å²) >= 11 is 5.59. The van der Waals surface area contributed by atoms with Gasteiger partial charge in [0.05, 0.1) is 12.2 Å². The lowest BCUT2D eigenvalue weighted by Gasteiger charge is -2.17. The molecule has 0 spiro atoms. The number of hydrogen-bond acceptors (Lipinski definition) is 3. The zero-order valence-corrected chi connectivity index (χ0v) is 13.7. The molecule has 4 nitrogen and oxygen atoms in total. The molecule has 5 heteroatoms. The summed E-state index contributed by atoms with van der Waals surface area (Å²) in [4.78, 5) is 10.3. The molecule has 0 radical (unpaired) electrons. The van der Waals surface area contributed by atoms with Crippen molar-refractivity contribution in [1.29, 1.82) is 0 Å². The first-order valence-corrected chi connectivity index (χ1v) is 8.75. The minimum atomic E-state index is -0.736. The van der Waals surface area contributed by atoms with Crippen molar-refractivity contribution in [3.05, 3.63) is 0 Å². The summed E-state index contributed by atoms with van der Waals surface area (Å²) in [5, 5.41) is 28.2. The summed E-state index contributed by atoms with van der Waals surface area (Å²) in [6, 6.07) is 0. The first-order chi connectivity index (χ1) is 10.1. The van der Waals surface area contributed by atoms with Crippen LogP contribution in [0.5, 0.6) is 0 Å². The van der Waals surface area contributed by atoms with Crippen LogP contribution in [0.25, 0.3) is 0 Å². The molecule has 0 amide bonds. The van der Waals surface area contributed by atoms with E-state index in [2.05, 4.69) is 0 Å². The number of carboxylic acid groups (broad SMARTS) is 1. The number of aliphatic hydroxyl groups excluding tert-OH is 2. The van der Waals surface area contributed by atoms with Gasteiger partial charge in [-0.15, -0.1) is 11.6 Å². The van der Waals surface area contributed by atoms with Gasteiger partial charge < -0.3 is 15.3 Å². The smallest absolute Gasteiger partial charge is 0.303 e. The van der Waals surface area contributed by atoms with Crippen LogP contribution in [0.4, 0.5) is 0 Å². The Bertz CT molecular complexity index is 248. The number of unbranched alkanes of at least 4 members (excludes halogenated alkanes) is 7. The van der Waals surface area contributed by atoms with Gasteiger partial charge in [0.15, 0.2) is 0 Å². The summed E-state index contributed by atoms with van der Waals surface area (Å²) in [5.41, 5.74) is 0. The lowest BCUT2D eigenvalue weighted by Crippen LogP contribution is -2.25. The highest BCUT2D eigenvalue weighted by Crippen LogP contribution is 2.14. The topological polar surface area (TPSA) is 77.8 Å². The molecule has 0 aromatic carbocycles. The molecule has 126 valence electrons. The molecule has 0 saturated heterocycles. The fourth-order valence-electron chi connectivity index (χ4n) is 2.35. The SMILES string of the molecule is O=C(O)CCCCCCC[C@H](O)[C@H](O)CCCCCCCl. The van der Waals surface area contributed by atoms with Crippen molar-refractivity contribution in [1.82, 2.24) is 0 Å². The monoisotopic (exact) mass is 322 g/mol. The maximum Gasteiger partial charge on any atom is 0.303 e. The number of carboxylic acids is 1. The van der Waals surface area contributed by atoms with E-state index in [4.69, 9.17) is 16.7 Å². The van der Waals surface area contributed by atoms with Crippen molar-refractivity contribution in [2.45, 2.75) is 89.3 Å². The molecular weight excluding hydrogens is 292 g/mol. The summed E-state index contributed by atoms with van der Waals surface area (Å²) in [5.74, 6) is -0.0444. The highest BCUT2D eigenvalue weighted by molar-refractivity contribution is 6.17. The van der Waals surface area contributed by atoms with Gasteiger partial charge in [0, 0.05) is 12.3 Å². The molecule has 0 fully saturated rings. The third-order valence-electron chi connectivity index (χ3n) is 3.72. The fourth-order valence-corrected chi connectivity index (χ4v) is 2.54. The standard InChI is InChI=1S/C16H31ClO4/c17-13-9-5-4-7-11-15(19)14(18)10-6-2-1-3-8-12-16(20)21/h14-15,18-19H,1-13H2,(H,20,21)/t14-,15+/m0/s1. The maximum absolute atomic E-state index is 10.3. The highest BCUT2D eigenvalue weighted by atomic mass is 35.5. The fraction of sp³-hybridized carbons (Fsp3) is 0.938. The lowest BCUT2D eigenvalue weighted by molar-refractivity contribution is -0.137. The molecule has 21 heavy (non-hydrogen) atoms. The summed E-state index contributed by atoms with van der Waals surface area (Å²) in [6.45, 7) is 0. The second-order valence-corrected chi connectivity index (χ2v) is 6.10. The largest absolute Gasteiger partial charge is 0.481 e. The Hall–Kier alpha value is -0.320. The number of carbonyl (C=O) groups is 1. The molecule has 0 bridgehead atoms. The number of alkyl halides is 1. The highest BCUT2D eigenvalue weighted by Gasteiger charge is 2.15. The van der Waals surface area contributed by atoms with E-state index in [9.17, 15) is 15.0 Å². The third-order valence-corrected chi connectivity index (χ3v) is 3.99. The molecule has 0 unspecified atom stereocenters. The van der Waals surface area contributed by atoms with Gasteiger partial charge in [0.25, 0.3) is 0 Å². The van der Waals surface area contributed by atoms with E-state index in [1.807, 2.05) is 0 Å². The van der Waals surface area contributed by atoms with Crippen LogP contribution >= 0.6 is 11.6 Å². The van der Waals surface area contributed by atoms with Gasteiger partial charge in [-0.1, -0.05) is 44.9 Å². The van der Waals surface area contributed by atoms with E-state index in [1.165, 1.54) is 0 Å². The van der Waals surface area contributed by atoms with Crippen LogP contribution in [0.2, 0.25) is 0 Å². The first-order valence-electron chi connectivity index (χ1n) is 8.21. The molecular formula is C16H31ClO4. The number of halogens is 1. The predicted molar refractivity (Wildman–Crippen MR) is 85.8 cm³/mol. The molecule has 0 rings (SSSR count). The van der Waals surface area contributed by atoms with Crippen LogP contribution < -0.4 is 0 Å². The molecule has 0 heterocycles. The van der Waals surface area contributed by atoms with E-state index in [0.29, 0.717) is 18.7 Å². The Balaban J connectivity index is 3.38. The normalized spacial score (nSPS) is 14.0. The van der Waals surface area contributed by atoms with E-state index >= 15 is 0 Å². The maximum atomic E-state index is 10.3. The van der Waals surface area contributed by atoms with Gasteiger partial charge in [0.2, 0.25) is 0 Å². The van der Waals surface area contributed by atoms with Crippen LogP contribution in [0.15, 0.2) is 0 Å². The Kier molecular flexibility index (Phi) is 14.4. The zero-order valence-electron chi connectivity index (χ0n) is 13.0. The Morgan fingerprint density at radius 3 is 1.67 bits per heavy atom. The Morgan fingerprint density at radius 2 is 1.19 bits per heavy atom. The number of aliphatic carboxylic acids is 1. The third kappa shape index (κ3) is 14.4. The van der Waals surface area contributed by atoms with Gasteiger partial charge in [-0.25, -0.2) is 0 Å². The molecule has 0 aromatic heterocycles. The van der Waals surface area contributed by atoms with Crippen molar-refractivity contribution in [3.8, 4) is 0 Å². The van der Waals surface area contributed by atoms with Gasteiger partial charge in [-0.05, 0) is 25.7 Å². The number of aliphatic hydroxyl groups is 2. The first kappa shape index (κ1) is 20.7. The molecule has 0 aliphatic rings. The second kappa shape index (κ2) is 14.6. The number of hydrogen-bond donors (Lipinski definition) is 3. The van der Waals surface area contributed by atoms with Gasteiger partial charge in [-0.3, -0.25) is 4.79 Å².